The second kappa shape index (κ2) is 5.87. The van der Waals surface area contributed by atoms with E-state index in [1.54, 1.807) is 0 Å². The SMILES string of the molecule is CN1CC[C@]2(CC[C@H](c3cccc(-c4ccc(Cl)cc4)n3)N2)C1=O. The van der Waals surface area contributed by atoms with E-state index in [4.69, 9.17) is 16.6 Å². The summed E-state index contributed by atoms with van der Waals surface area (Å²) in [6, 6.07) is 13.9. The first-order chi connectivity index (χ1) is 11.6. The normalized spacial score (nSPS) is 26.5. The maximum Gasteiger partial charge on any atom is 0.242 e. The predicted octanol–water partition coefficient (Wildman–Crippen LogP) is 3.43. The summed E-state index contributed by atoms with van der Waals surface area (Å²) in [5.74, 6) is 0.221. The monoisotopic (exact) mass is 341 g/mol. The van der Waals surface area contributed by atoms with Crippen molar-refractivity contribution in [1.29, 1.82) is 0 Å². The van der Waals surface area contributed by atoms with Gasteiger partial charge in [0.2, 0.25) is 5.91 Å². The van der Waals surface area contributed by atoms with Gasteiger partial charge in [0, 0.05) is 24.2 Å². The highest BCUT2D eigenvalue weighted by molar-refractivity contribution is 6.30. The molecule has 2 fully saturated rings. The van der Waals surface area contributed by atoms with Crippen LogP contribution in [-0.4, -0.2) is 34.9 Å². The molecule has 0 aliphatic carbocycles. The van der Waals surface area contributed by atoms with Crippen LogP contribution in [-0.2, 0) is 4.79 Å². The summed E-state index contributed by atoms with van der Waals surface area (Å²) in [5, 5.41) is 4.30. The number of pyridine rings is 1. The molecule has 1 aromatic heterocycles. The van der Waals surface area contributed by atoms with Gasteiger partial charge in [-0.3, -0.25) is 15.1 Å². The molecule has 0 bridgehead atoms. The molecule has 4 rings (SSSR count). The number of carbonyl (C=O) groups excluding carboxylic acids is 1. The topological polar surface area (TPSA) is 45.2 Å². The second-order valence-corrected chi connectivity index (χ2v) is 7.19. The average molecular weight is 342 g/mol. The highest BCUT2D eigenvalue weighted by Crippen LogP contribution is 2.38. The van der Waals surface area contributed by atoms with E-state index < -0.39 is 0 Å². The van der Waals surface area contributed by atoms with E-state index in [1.165, 1.54) is 0 Å². The Morgan fingerprint density at radius 2 is 2.00 bits per heavy atom. The van der Waals surface area contributed by atoms with E-state index in [0.29, 0.717) is 0 Å². The largest absolute Gasteiger partial charge is 0.344 e. The number of carbonyl (C=O) groups is 1. The minimum atomic E-state index is -0.378. The third kappa shape index (κ3) is 2.60. The summed E-state index contributed by atoms with van der Waals surface area (Å²) in [5.41, 5.74) is 2.60. The van der Waals surface area contributed by atoms with Gasteiger partial charge in [0.05, 0.1) is 17.4 Å². The molecule has 1 N–H and O–H groups in total. The number of aromatic nitrogens is 1. The lowest BCUT2D eigenvalue weighted by Gasteiger charge is -2.23. The first-order valence-corrected chi connectivity index (χ1v) is 8.71. The van der Waals surface area contributed by atoms with Crippen LogP contribution in [0.2, 0.25) is 5.02 Å². The molecule has 2 atom stereocenters. The number of amides is 1. The van der Waals surface area contributed by atoms with Crippen molar-refractivity contribution >= 4 is 17.5 Å². The van der Waals surface area contributed by atoms with Gasteiger partial charge in [-0.15, -0.1) is 0 Å². The minimum Gasteiger partial charge on any atom is -0.344 e. The number of hydrogen-bond donors (Lipinski definition) is 1. The van der Waals surface area contributed by atoms with Gasteiger partial charge in [-0.2, -0.15) is 0 Å². The van der Waals surface area contributed by atoms with Crippen LogP contribution in [0.3, 0.4) is 0 Å². The van der Waals surface area contributed by atoms with E-state index in [1.807, 2.05) is 54.4 Å². The molecule has 5 heteroatoms. The molecule has 1 amide bonds. The van der Waals surface area contributed by atoms with E-state index in [2.05, 4.69) is 5.32 Å². The van der Waals surface area contributed by atoms with Gasteiger partial charge in [-0.05, 0) is 43.5 Å². The Labute approximate surface area is 146 Å². The van der Waals surface area contributed by atoms with Gasteiger partial charge in [-0.1, -0.05) is 29.8 Å². The van der Waals surface area contributed by atoms with Crippen molar-refractivity contribution in [2.24, 2.45) is 0 Å². The number of nitrogens with one attached hydrogen (secondary N) is 1. The van der Waals surface area contributed by atoms with Crippen LogP contribution < -0.4 is 5.32 Å². The van der Waals surface area contributed by atoms with Crippen molar-refractivity contribution in [2.45, 2.75) is 30.8 Å². The van der Waals surface area contributed by atoms with Crippen molar-refractivity contribution in [3.05, 3.63) is 53.2 Å². The molecule has 2 aromatic rings. The van der Waals surface area contributed by atoms with Crippen LogP contribution in [0.25, 0.3) is 11.3 Å². The molecule has 0 radical (unpaired) electrons. The Bertz CT molecular complexity index is 776. The zero-order valence-corrected chi connectivity index (χ0v) is 14.4. The number of likely N-dealkylation sites (tertiary alicyclic amines) is 1. The van der Waals surface area contributed by atoms with E-state index in [0.717, 1.165) is 47.8 Å². The van der Waals surface area contributed by atoms with Crippen LogP contribution in [0.4, 0.5) is 0 Å². The van der Waals surface area contributed by atoms with Gasteiger partial charge in [0.25, 0.3) is 0 Å². The number of benzene rings is 1. The molecule has 3 heterocycles. The van der Waals surface area contributed by atoms with Gasteiger partial charge in [-0.25, -0.2) is 0 Å². The Kier molecular flexibility index (Phi) is 3.82. The van der Waals surface area contributed by atoms with Crippen LogP contribution in [0.5, 0.6) is 0 Å². The Balaban J connectivity index is 1.59. The van der Waals surface area contributed by atoms with Crippen LogP contribution >= 0.6 is 11.6 Å². The fourth-order valence-electron chi connectivity index (χ4n) is 3.82. The summed E-state index contributed by atoms with van der Waals surface area (Å²) in [6.07, 6.45) is 2.71. The van der Waals surface area contributed by atoms with E-state index in [9.17, 15) is 4.79 Å². The summed E-state index contributed by atoms with van der Waals surface area (Å²) < 4.78 is 0. The molecule has 4 nitrogen and oxygen atoms in total. The third-order valence-corrected chi connectivity index (χ3v) is 5.46. The van der Waals surface area contributed by atoms with Gasteiger partial charge in [0.1, 0.15) is 5.54 Å². The molecule has 1 spiro atoms. The van der Waals surface area contributed by atoms with Gasteiger partial charge < -0.3 is 4.90 Å². The van der Waals surface area contributed by atoms with E-state index >= 15 is 0 Å². The first kappa shape index (κ1) is 15.6. The molecular weight excluding hydrogens is 322 g/mol. The molecule has 2 aliphatic rings. The summed E-state index contributed by atoms with van der Waals surface area (Å²) in [6.45, 7) is 0.830. The molecule has 2 aliphatic heterocycles. The molecular formula is C19H20ClN3O. The maximum atomic E-state index is 12.5. The van der Waals surface area contributed by atoms with Crippen molar-refractivity contribution < 1.29 is 4.79 Å². The van der Waals surface area contributed by atoms with Gasteiger partial charge >= 0.3 is 0 Å². The fraction of sp³-hybridized carbons (Fsp3) is 0.368. The van der Waals surface area contributed by atoms with Crippen molar-refractivity contribution in [3.63, 3.8) is 0 Å². The summed E-state index contributed by atoms with van der Waals surface area (Å²) >= 11 is 5.96. The fourth-order valence-corrected chi connectivity index (χ4v) is 3.94. The minimum absolute atomic E-state index is 0.132. The maximum absolute atomic E-state index is 12.5. The lowest BCUT2D eigenvalue weighted by atomic mass is 9.96. The molecule has 2 saturated heterocycles. The Morgan fingerprint density at radius 3 is 2.71 bits per heavy atom. The third-order valence-electron chi connectivity index (χ3n) is 5.21. The second-order valence-electron chi connectivity index (χ2n) is 6.75. The standard InChI is InChI=1S/C19H20ClN3O/c1-23-12-11-19(18(23)24)10-9-17(22-19)16-4-2-3-15(21-16)13-5-7-14(20)8-6-13/h2-8,17,22H,9-12H2,1H3/t17-,19-/m1/s1. The number of nitrogens with zero attached hydrogens (tertiary/aromatic N) is 2. The highest BCUT2D eigenvalue weighted by atomic mass is 35.5. The van der Waals surface area contributed by atoms with E-state index in [-0.39, 0.29) is 17.5 Å². The molecule has 124 valence electrons. The number of halogens is 1. The van der Waals surface area contributed by atoms with Crippen LogP contribution in [0.1, 0.15) is 31.0 Å². The Morgan fingerprint density at radius 1 is 1.21 bits per heavy atom. The van der Waals surface area contributed by atoms with Gasteiger partial charge in [0.15, 0.2) is 0 Å². The predicted molar refractivity (Wildman–Crippen MR) is 94.8 cm³/mol. The summed E-state index contributed by atoms with van der Waals surface area (Å²) in [7, 11) is 1.88. The molecule has 24 heavy (non-hydrogen) atoms. The lowest BCUT2D eigenvalue weighted by Crippen LogP contribution is -2.47. The molecule has 1 aromatic carbocycles. The number of rotatable bonds is 2. The summed E-state index contributed by atoms with van der Waals surface area (Å²) in [4.78, 5) is 19.1. The average Bonchev–Trinajstić information content (AvgIpc) is 3.16. The first-order valence-electron chi connectivity index (χ1n) is 8.34. The molecule has 0 saturated carbocycles. The van der Waals surface area contributed by atoms with Crippen molar-refractivity contribution in [1.82, 2.24) is 15.2 Å². The Hall–Kier alpha value is -1.91. The molecule has 0 unspecified atom stereocenters. The highest BCUT2D eigenvalue weighted by Gasteiger charge is 2.50. The number of hydrogen-bond acceptors (Lipinski definition) is 3. The van der Waals surface area contributed by atoms with Crippen LogP contribution in [0, 0.1) is 0 Å². The van der Waals surface area contributed by atoms with Crippen molar-refractivity contribution in [2.75, 3.05) is 13.6 Å². The smallest absolute Gasteiger partial charge is 0.242 e. The zero-order valence-electron chi connectivity index (χ0n) is 13.6. The lowest BCUT2D eigenvalue weighted by molar-refractivity contribution is -0.131. The quantitative estimate of drug-likeness (QED) is 0.910. The van der Waals surface area contributed by atoms with Crippen LogP contribution in [0.15, 0.2) is 42.5 Å². The zero-order chi connectivity index (χ0) is 16.7. The number of likely N-dealkylation sites (N-methyl/N-ethyl adjacent to an activating group) is 1. The van der Waals surface area contributed by atoms with Crippen molar-refractivity contribution in [3.8, 4) is 11.3 Å².